The smallest absolute Gasteiger partial charge is 0.188 e. The number of nitrogens with zero attached hydrogens (tertiary/aromatic N) is 6. The molecule has 6 heteroatoms. The highest BCUT2D eigenvalue weighted by molar-refractivity contribution is 6.11. The van der Waals surface area contributed by atoms with Gasteiger partial charge in [-0.15, -0.1) is 0 Å². The Hall–Kier alpha value is -8.01. The van der Waals surface area contributed by atoms with Crippen LogP contribution in [0.4, 0.5) is 5.69 Å². The predicted octanol–water partition coefficient (Wildman–Crippen LogP) is 13.0. The molecule has 0 N–H and O–H groups in total. The zero-order valence-electron chi connectivity index (χ0n) is 30.5. The lowest BCUT2D eigenvalue weighted by Gasteiger charge is -2.11. The van der Waals surface area contributed by atoms with Crippen LogP contribution in [0.2, 0.25) is 0 Å². The molecule has 11 aromatic rings. The molecule has 3 aromatic heterocycles. The van der Waals surface area contributed by atoms with E-state index in [0.717, 1.165) is 77.1 Å². The van der Waals surface area contributed by atoms with Crippen LogP contribution < -0.4 is 0 Å². The van der Waals surface area contributed by atoms with Gasteiger partial charge >= 0.3 is 0 Å². The summed E-state index contributed by atoms with van der Waals surface area (Å²) in [5, 5.41) is 7.76. The fraction of sp³-hybridized carbons (Fsp3) is 0. The topological polar surface area (TPSA) is 60.9 Å². The average Bonchev–Trinajstić information content (AvgIpc) is 3.61. The maximum atomic E-state index is 7.74. The van der Waals surface area contributed by atoms with Gasteiger partial charge in [0.15, 0.2) is 23.2 Å². The van der Waals surface area contributed by atoms with Crippen LogP contribution in [-0.2, 0) is 0 Å². The lowest BCUT2D eigenvalue weighted by atomic mass is 10.0. The molecule has 8 aromatic carbocycles. The summed E-state index contributed by atoms with van der Waals surface area (Å²) in [7, 11) is 0. The summed E-state index contributed by atoms with van der Waals surface area (Å²) in [5.41, 5.74) is 8.47. The lowest BCUT2D eigenvalue weighted by Crippen LogP contribution is -2.00. The van der Waals surface area contributed by atoms with Crippen LogP contribution in [-0.4, -0.2) is 24.5 Å². The van der Waals surface area contributed by atoms with Crippen molar-refractivity contribution in [3.8, 4) is 51.1 Å². The van der Waals surface area contributed by atoms with Gasteiger partial charge < -0.3 is 0 Å². The van der Waals surface area contributed by atoms with Gasteiger partial charge in [-0.2, -0.15) is 0 Å². The van der Waals surface area contributed by atoms with E-state index in [1.807, 2.05) is 36.4 Å². The standard InChI is InChI=1S/C51H30N6/c1-52-42-24-26-47-44(31-42)43-30-39(22-25-46(43)57(47)48-27-23-35-10-6-7-13-45(35)53-48)34-14-18-36(19-15-34)49-54-50(40-20-16-32-8-2-4-11-37(32)28-40)56-51(55-49)41-21-17-33-9-3-5-12-38(33)29-41/h2-31H. The molecule has 0 spiro atoms. The number of para-hydroxylation sites is 1. The largest absolute Gasteiger partial charge is 0.294 e. The van der Waals surface area contributed by atoms with Crippen molar-refractivity contribution < 1.29 is 0 Å². The Morgan fingerprint density at radius 2 is 0.860 bits per heavy atom. The molecule has 0 unspecified atom stereocenters. The van der Waals surface area contributed by atoms with Crippen LogP contribution in [0.3, 0.4) is 0 Å². The Morgan fingerprint density at radius 1 is 0.368 bits per heavy atom. The second kappa shape index (κ2) is 13.1. The molecule has 57 heavy (non-hydrogen) atoms. The first-order valence-electron chi connectivity index (χ1n) is 18.8. The molecule has 3 heterocycles. The minimum Gasteiger partial charge on any atom is -0.294 e. The fourth-order valence-electron chi connectivity index (χ4n) is 7.92. The molecule has 6 nitrogen and oxygen atoms in total. The van der Waals surface area contributed by atoms with Gasteiger partial charge in [-0.05, 0) is 92.7 Å². The first-order valence-corrected chi connectivity index (χ1v) is 18.8. The summed E-state index contributed by atoms with van der Waals surface area (Å²) in [6, 6.07) is 62.5. The van der Waals surface area contributed by atoms with Gasteiger partial charge in [0.1, 0.15) is 5.82 Å². The predicted molar refractivity (Wildman–Crippen MR) is 232 cm³/mol. The average molecular weight is 727 g/mol. The van der Waals surface area contributed by atoms with Gasteiger partial charge in [-0.25, -0.2) is 24.8 Å². The van der Waals surface area contributed by atoms with Gasteiger partial charge in [0, 0.05) is 27.5 Å². The number of hydrogen-bond donors (Lipinski definition) is 0. The summed E-state index contributed by atoms with van der Waals surface area (Å²) in [6.45, 7) is 7.74. The Kier molecular flexibility index (Phi) is 7.44. The van der Waals surface area contributed by atoms with Crippen molar-refractivity contribution in [2.75, 3.05) is 0 Å². The summed E-state index contributed by atoms with van der Waals surface area (Å²) in [5.74, 6) is 2.69. The van der Waals surface area contributed by atoms with Crippen LogP contribution >= 0.6 is 0 Å². The molecule has 0 saturated carbocycles. The summed E-state index contributed by atoms with van der Waals surface area (Å²) >= 11 is 0. The van der Waals surface area contributed by atoms with Crippen LogP contribution in [0, 0.1) is 6.57 Å². The number of benzene rings is 8. The van der Waals surface area contributed by atoms with Gasteiger partial charge in [-0.3, -0.25) is 4.57 Å². The summed E-state index contributed by atoms with van der Waals surface area (Å²) < 4.78 is 2.19. The van der Waals surface area contributed by atoms with Crippen LogP contribution in [0.15, 0.2) is 182 Å². The molecule has 11 rings (SSSR count). The van der Waals surface area contributed by atoms with E-state index in [-0.39, 0.29) is 0 Å². The summed E-state index contributed by atoms with van der Waals surface area (Å²) in [4.78, 5) is 24.0. The summed E-state index contributed by atoms with van der Waals surface area (Å²) in [6.07, 6.45) is 0. The zero-order chi connectivity index (χ0) is 37.9. The van der Waals surface area contributed by atoms with Gasteiger partial charge in [0.25, 0.3) is 0 Å². The first-order chi connectivity index (χ1) is 28.1. The molecular weight excluding hydrogens is 697 g/mol. The number of pyridine rings is 1. The van der Waals surface area contributed by atoms with Crippen molar-refractivity contribution >= 4 is 59.9 Å². The van der Waals surface area contributed by atoms with Gasteiger partial charge in [0.05, 0.1) is 23.1 Å². The minimum atomic E-state index is 0.603. The molecule has 0 bridgehead atoms. The van der Waals surface area contributed by atoms with E-state index in [1.54, 1.807) is 0 Å². The van der Waals surface area contributed by atoms with Crippen molar-refractivity contribution in [1.29, 1.82) is 0 Å². The lowest BCUT2D eigenvalue weighted by molar-refractivity contribution is 1.08. The van der Waals surface area contributed by atoms with Gasteiger partial charge in [0.2, 0.25) is 0 Å². The molecule has 0 radical (unpaired) electrons. The maximum Gasteiger partial charge on any atom is 0.188 e. The van der Waals surface area contributed by atoms with E-state index >= 15 is 0 Å². The number of hydrogen-bond acceptors (Lipinski definition) is 4. The monoisotopic (exact) mass is 726 g/mol. The normalized spacial score (nSPS) is 11.5. The molecule has 0 aliphatic carbocycles. The Labute approximate surface area is 327 Å². The molecule has 264 valence electrons. The fourth-order valence-corrected chi connectivity index (χ4v) is 7.92. The highest BCUT2D eigenvalue weighted by Crippen LogP contribution is 2.37. The third-order valence-electron chi connectivity index (χ3n) is 10.8. The van der Waals surface area contributed by atoms with Crippen molar-refractivity contribution in [3.05, 3.63) is 193 Å². The third kappa shape index (κ3) is 5.65. The molecule has 0 amide bonds. The Balaban J connectivity index is 1.02. The Bertz CT molecular complexity index is 3330. The number of fused-ring (bicyclic) bond motifs is 6. The van der Waals surface area contributed by atoms with E-state index in [1.165, 1.54) is 10.8 Å². The number of aromatic nitrogens is 5. The molecule has 0 fully saturated rings. The molecule has 0 aliphatic rings. The second-order valence-corrected chi connectivity index (χ2v) is 14.3. The van der Waals surface area contributed by atoms with Crippen LogP contribution in [0.25, 0.3) is 110 Å². The van der Waals surface area contributed by atoms with E-state index in [2.05, 4.69) is 155 Å². The first kappa shape index (κ1) is 32.4. The molecule has 0 saturated heterocycles. The van der Waals surface area contributed by atoms with E-state index < -0.39 is 0 Å². The molecule has 0 atom stereocenters. The van der Waals surface area contributed by atoms with Crippen molar-refractivity contribution in [2.45, 2.75) is 0 Å². The maximum absolute atomic E-state index is 7.74. The highest BCUT2D eigenvalue weighted by Gasteiger charge is 2.17. The van der Waals surface area contributed by atoms with E-state index in [0.29, 0.717) is 23.2 Å². The van der Waals surface area contributed by atoms with Crippen LogP contribution in [0.1, 0.15) is 0 Å². The highest BCUT2D eigenvalue weighted by atomic mass is 15.1. The zero-order valence-corrected chi connectivity index (χ0v) is 30.5. The van der Waals surface area contributed by atoms with E-state index in [9.17, 15) is 0 Å². The third-order valence-corrected chi connectivity index (χ3v) is 10.8. The quantitative estimate of drug-likeness (QED) is 0.166. The number of rotatable bonds is 5. The SMILES string of the molecule is [C-]#[N+]c1ccc2c(c1)c1cc(-c3ccc(-c4nc(-c5ccc6ccccc6c5)nc(-c5ccc6ccccc6c5)n4)cc3)ccc1n2-c1ccc2ccccc2n1. The Morgan fingerprint density at radius 3 is 1.51 bits per heavy atom. The second-order valence-electron chi connectivity index (χ2n) is 14.3. The minimum absolute atomic E-state index is 0.603. The molecular formula is C51H30N6. The van der Waals surface area contributed by atoms with Crippen molar-refractivity contribution in [1.82, 2.24) is 24.5 Å². The van der Waals surface area contributed by atoms with E-state index in [4.69, 9.17) is 26.5 Å². The van der Waals surface area contributed by atoms with Crippen LogP contribution in [0.5, 0.6) is 0 Å². The van der Waals surface area contributed by atoms with Crippen molar-refractivity contribution in [3.63, 3.8) is 0 Å². The van der Waals surface area contributed by atoms with Gasteiger partial charge in [-0.1, -0.05) is 127 Å². The van der Waals surface area contributed by atoms with Crippen molar-refractivity contribution in [2.24, 2.45) is 0 Å². The molecule has 0 aliphatic heterocycles.